The van der Waals surface area contributed by atoms with E-state index in [-0.39, 0.29) is 6.61 Å². The zero-order valence-electron chi connectivity index (χ0n) is 13.0. The first-order chi connectivity index (χ1) is 10.1. The van der Waals surface area contributed by atoms with Gasteiger partial charge in [-0.15, -0.1) is 0 Å². The largest absolute Gasteiger partial charge is 0.392 e. The zero-order valence-corrected chi connectivity index (χ0v) is 13.0. The van der Waals surface area contributed by atoms with Crippen molar-refractivity contribution in [3.05, 3.63) is 48.2 Å². The van der Waals surface area contributed by atoms with Crippen LogP contribution in [0.4, 0.5) is 5.69 Å². The lowest BCUT2D eigenvalue weighted by Gasteiger charge is -2.21. The van der Waals surface area contributed by atoms with Gasteiger partial charge in [0.2, 0.25) is 0 Å². The lowest BCUT2D eigenvalue weighted by atomic mass is 10.1. The van der Waals surface area contributed by atoms with Crippen molar-refractivity contribution in [1.82, 2.24) is 9.88 Å². The molecule has 0 aliphatic carbocycles. The van der Waals surface area contributed by atoms with Gasteiger partial charge in [0.15, 0.2) is 0 Å². The highest BCUT2D eigenvalue weighted by atomic mass is 16.3. The molecule has 2 aromatic rings. The van der Waals surface area contributed by atoms with Crippen molar-refractivity contribution in [3.63, 3.8) is 0 Å². The van der Waals surface area contributed by atoms with E-state index in [1.807, 2.05) is 12.1 Å². The number of hydrogen-bond acceptors (Lipinski definition) is 4. The third-order valence-corrected chi connectivity index (χ3v) is 3.49. The molecule has 0 aliphatic heterocycles. The van der Waals surface area contributed by atoms with Crippen molar-refractivity contribution in [3.8, 4) is 11.3 Å². The van der Waals surface area contributed by atoms with Crippen molar-refractivity contribution in [1.29, 1.82) is 0 Å². The van der Waals surface area contributed by atoms with Gasteiger partial charge in [-0.1, -0.05) is 12.1 Å². The monoisotopic (exact) mass is 285 g/mol. The average molecular weight is 285 g/mol. The number of likely N-dealkylation sites (N-methyl/N-ethyl adjacent to an activating group) is 2. The Morgan fingerprint density at radius 3 is 2.33 bits per heavy atom. The molecule has 112 valence electrons. The molecule has 21 heavy (non-hydrogen) atoms. The highest BCUT2D eigenvalue weighted by Crippen LogP contribution is 2.21. The molecule has 4 heteroatoms. The molecule has 0 aliphatic rings. The standard InChI is InChI=1S/C17H23N3O/c1-19(2)10-11-20(3)16-6-4-15(5-7-16)17-12-14(13-21)8-9-18-17/h4-9,12,21H,10-11,13H2,1-3H3. The Bertz CT molecular complexity index is 567. The maximum absolute atomic E-state index is 9.19. The minimum absolute atomic E-state index is 0.0425. The number of aliphatic hydroxyl groups excluding tert-OH is 1. The van der Waals surface area contributed by atoms with Gasteiger partial charge in [0, 0.05) is 37.6 Å². The van der Waals surface area contributed by atoms with Crippen LogP contribution in [0.1, 0.15) is 5.56 Å². The van der Waals surface area contributed by atoms with Gasteiger partial charge in [0.05, 0.1) is 12.3 Å². The maximum Gasteiger partial charge on any atom is 0.0705 e. The SMILES string of the molecule is CN(C)CCN(C)c1ccc(-c2cc(CO)ccn2)cc1. The molecule has 1 N–H and O–H groups in total. The summed E-state index contributed by atoms with van der Waals surface area (Å²) in [6.07, 6.45) is 1.73. The van der Waals surface area contributed by atoms with Gasteiger partial charge in [0.25, 0.3) is 0 Å². The Balaban J connectivity index is 2.11. The van der Waals surface area contributed by atoms with Gasteiger partial charge < -0.3 is 14.9 Å². The summed E-state index contributed by atoms with van der Waals surface area (Å²) in [6.45, 7) is 2.06. The Hall–Kier alpha value is -1.91. The van der Waals surface area contributed by atoms with E-state index >= 15 is 0 Å². The summed E-state index contributed by atoms with van der Waals surface area (Å²) < 4.78 is 0. The first-order valence-electron chi connectivity index (χ1n) is 7.12. The van der Waals surface area contributed by atoms with Crippen molar-refractivity contribution >= 4 is 5.69 Å². The third-order valence-electron chi connectivity index (χ3n) is 3.49. The first-order valence-corrected chi connectivity index (χ1v) is 7.12. The van der Waals surface area contributed by atoms with Crippen LogP contribution in [0.5, 0.6) is 0 Å². The van der Waals surface area contributed by atoms with E-state index in [0.29, 0.717) is 0 Å². The molecule has 0 atom stereocenters. The summed E-state index contributed by atoms with van der Waals surface area (Å²) in [6, 6.07) is 12.1. The summed E-state index contributed by atoms with van der Waals surface area (Å²) in [4.78, 5) is 8.77. The van der Waals surface area contributed by atoms with Gasteiger partial charge in [-0.25, -0.2) is 0 Å². The molecule has 0 bridgehead atoms. The number of aliphatic hydroxyl groups is 1. The van der Waals surface area contributed by atoms with Crippen LogP contribution >= 0.6 is 0 Å². The molecule has 0 radical (unpaired) electrons. The van der Waals surface area contributed by atoms with Crippen molar-refractivity contribution < 1.29 is 5.11 Å². The van der Waals surface area contributed by atoms with E-state index in [4.69, 9.17) is 0 Å². The molecular weight excluding hydrogens is 262 g/mol. The normalized spacial score (nSPS) is 10.9. The lowest BCUT2D eigenvalue weighted by Crippen LogP contribution is -2.28. The van der Waals surface area contributed by atoms with E-state index in [1.165, 1.54) is 5.69 Å². The van der Waals surface area contributed by atoms with Crippen LogP contribution < -0.4 is 4.90 Å². The summed E-state index contributed by atoms with van der Waals surface area (Å²) in [5, 5.41) is 9.19. The second-order valence-corrected chi connectivity index (χ2v) is 5.48. The van der Waals surface area contributed by atoms with Gasteiger partial charge in [0.1, 0.15) is 0 Å². The Kier molecular flexibility index (Phi) is 5.31. The smallest absolute Gasteiger partial charge is 0.0705 e. The van der Waals surface area contributed by atoms with Gasteiger partial charge in [-0.2, -0.15) is 0 Å². The quantitative estimate of drug-likeness (QED) is 0.883. The molecule has 4 nitrogen and oxygen atoms in total. The van der Waals surface area contributed by atoms with Gasteiger partial charge in [-0.3, -0.25) is 4.98 Å². The molecule has 1 aromatic carbocycles. The van der Waals surface area contributed by atoms with Crippen LogP contribution in [-0.4, -0.2) is 49.2 Å². The Morgan fingerprint density at radius 1 is 1.00 bits per heavy atom. The van der Waals surface area contributed by atoms with Crippen molar-refractivity contribution in [2.75, 3.05) is 39.1 Å². The van der Waals surface area contributed by atoms with Crippen LogP contribution in [0.25, 0.3) is 11.3 Å². The number of pyridine rings is 1. The number of aromatic nitrogens is 1. The number of benzene rings is 1. The molecule has 1 aromatic heterocycles. The number of nitrogens with zero attached hydrogens (tertiary/aromatic N) is 3. The second kappa shape index (κ2) is 7.20. The molecule has 1 heterocycles. The van der Waals surface area contributed by atoms with Crippen LogP contribution in [0.15, 0.2) is 42.6 Å². The highest BCUT2D eigenvalue weighted by molar-refractivity contribution is 5.63. The summed E-state index contributed by atoms with van der Waals surface area (Å²) in [7, 11) is 6.26. The molecule has 0 fully saturated rings. The fourth-order valence-corrected chi connectivity index (χ4v) is 2.10. The predicted octanol–water partition coefficient (Wildman–Crippen LogP) is 2.24. The summed E-state index contributed by atoms with van der Waals surface area (Å²) in [5.41, 5.74) is 4.03. The second-order valence-electron chi connectivity index (χ2n) is 5.48. The minimum atomic E-state index is 0.0425. The van der Waals surface area contributed by atoms with Gasteiger partial charge >= 0.3 is 0 Å². The maximum atomic E-state index is 9.19. The van der Waals surface area contributed by atoms with Crippen molar-refractivity contribution in [2.24, 2.45) is 0 Å². The third kappa shape index (κ3) is 4.28. The summed E-state index contributed by atoms with van der Waals surface area (Å²) >= 11 is 0. The predicted molar refractivity (Wildman–Crippen MR) is 87.4 cm³/mol. The van der Waals surface area contributed by atoms with Gasteiger partial charge in [-0.05, 0) is 43.9 Å². The fourth-order valence-electron chi connectivity index (χ4n) is 2.10. The van der Waals surface area contributed by atoms with E-state index in [2.05, 4.69) is 60.2 Å². The molecule has 0 unspecified atom stereocenters. The fraction of sp³-hybridized carbons (Fsp3) is 0.353. The van der Waals surface area contributed by atoms with E-state index in [0.717, 1.165) is 29.9 Å². The molecule has 0 saturated heterocycles. The molecule has 0 amide bonds. The molecule has 2 rings (SSSR count). The number of rotatable bonds is 6. The van der Waals surface area contributed by atoms with Crippen LogP contribution in [-0.2, 0) is 6.61 Å². The van der Waals surface area contributed by atoms with E-state index < -0.39 is 0 Å². The topological polar surface area (TPSA) is 39.6 Å². The van der Waals surface area contributed by atoms with Crippen LogP contribution in [0.2, 0.25) is 0 Å². The number of anilines is 1. The van der Waals surface area contributed by atoms with Crippen molar-refractivity contribution in [2.45, 2.75) is 6.61 Å². The summed E-state index contributed by atoms with van der Waals surface area (Å²) in [5.74, 6) is 0. The van der Waals surface area contributed by atoms with Crippen LogP contribution in [0.3, 0.4) is 0 Å². The average Bonchev–Trinajstić information content (AvgIpc) is 2.52. The molecule has 0 saturated carbocycles. The minimum Gasteiger partial charge on any atom is -0.392 e. The highest BCUT2D eigenvalue weighted by Gasteiger charge is 2.04. The van der Waals surface area contributed by atoms with E-state index in [1.54, 1.807) is 6.20 Å². The first kappa shape index (κ1) is 15.5. The zero-order chi connectivity index (χ0) is 15.2. The Morgan fingerprint density at radius 2 is 1.71 bits per heavy atom. The van der Waals surface area contributed by atoms with Crippen LogP contribution in [0, 0.1) is 0 Å². The lowest BCUT2D eigenvalue weighted by molar-refractivity contribution is 0.282. The van der Waals surface area contributed by atoms with E-state index in [9.17, 15) is 5.11 Å². The number of hydrogen-bond donors (Lipinski definition) is 1. The molecule has 0 spiro atoms. The Labute approximate surface area is 126 Å². The molecular formula is C17H23N3O.